The zero-order chi connectivity index (χ0) is 13.0. The summed E-state index contributed by atoms with van der Waals surface area (Å²) in [6.45, 7) is 7.44. The first kappa shape index (κ1) is 12.8. The highest BCUT2D eigenvalue weighted by molar-refractivity contribution is 5.24. The topological polar surface area (TPSA) is 42.7 Å². The molecular formula is C14H20N4. The monoisotopic (exact) mass is 244 g/mol. The van der Waals surface area contributed by atoms with Crippen LogP contribution in [0, 0.1) is 0 Å². The van der Waals surface area contributed by atoms with Crippen molar-refractivity contribution in [2.75, 3.05) is 6.54 Å². The van der Waals surface area contributed by atoms with Gasteiger partial charge in [0.2, 0.25) is 0 Å². The van der Waals surface area contributed by atoms with Gasteiger partial charge >= 0.3 is 0 Å². The van der Waals surface area contributed by atoms with Crippen molar-refractivity contribution in [3.63, 3.8) is 0 Å². The average molecular weight is 244 g/mol. The molecule has 0 fully saturated rings. The molecule has 18 heavy (non-hydrogen) atoms. The van der Waals surface area contributed by atoms with Crippen LogP contribution < -0.4 is 5.32 Å². The third kappa shape index (κ3) is 3.67. The predicted octanol–water partition coefficient (Wildman–Crippen LogP) is 2.20. The molecule has 4 nitrogen and oxygen atoms in total. The Morgan fingerprint density at radius 1 is 1.28 bits per heavy atom. The van der Waals surface area contributed by atoms with Gasteiger partial charge in [-0.25, -0.2) is 9.97 Å². The molecule has 1 N–H and O–H groups in total. The van der Waals surface area contributed by atoms with Crippen molar-refractivity contribution in [2.24, 2.45) is 0 Å². The van der Waals surface area contributed by atoms with E-state index in [0.717, 1.165) is 24.5 Å². The van der Waals surface area contributed by atoms with Crippen LogP contribution >= 0.6 is 0 Å². The van der Waals surface area contributed by atoms with Crippen LogP contribution in [0.3, 0.4) is 0 Å². The summed E-state index contributed by atoms with van der Waals surface area (Å²) in [5.41, 5.74) is 1.25. The molecule has 96 valence electrons. The zero-order valence-electron chi connectivity index (χ0n) is 11.2. The second-order valence-electron chi connectivity index (χ2n) is 5.38. The third-order valence-corrected chi connectivity index (χ3v) is 2.60. The minimum atomic E-state index is 0.155. The van der Waals surface area contributed by atoms with Crippen molar-refractivity contribution in [1.29, 1.82) is 0 Å². The molecule has 0 amide bonds. The van der Waals surface area contributed by atoms with Gasteiger partial charge in [-0.15, -0.1) is 0 Å². The Bertz CT molecular complexity index is 483. The standard InChI is InChI=1S/C14H20N4/c1-14(2,3)16-8-7-12-5-4-6-13(17-12)18-10-9-15-11-18/h4-6,9-11,16H,7-8H2,1-3H3. The van der Waals surface area contributed by atoms with Gasteiger partial charge in [-0.05, 0) is 32.9 Å². The molecule has 0 spiro atoms. The van der Waals surface area contributed by atoms with Gasteiger partial charge < -0.3 is 5.32 Å². The fourth-order valence-electron chi connectivity index (χ4n) is 1.71. The summed E-state index contributed by atoms with van der Waals surface area (Å²) < 4.78 is 1.92. The largest absolute Gasteiger partial charge is 0.312 e. The van der Waals surface area contributed by atoms with Crippen LogP contribution in [0.2, 0.25) is 0 Å². The second-order valence-corrected chi connectivity index (χ2v) is 5.38. The van der Waals surface area contributed by atoms with E-state index in [1.165, 1.54) is 0 Å². The first-order valence-corrected chi connectivity index (χ1v) is 6.24. The van der Waals surface area contributed by atoms with Crippen molar-refractivity contribution in [3.05, 3.63) is 42.6 Å². The number of nitrogens with one attached hydrogen (secondary N) is 1. The molecule has 2 rings (SSSR count). The maximum Gasteiger partial charge on any atom is 0.138 e. The molecule has 0 bridgehead atoms. The van der Waals surface area contributed by atoms with Crippen LogP contribution in [0.1, 0.15) is 26.5 Å². The molecule has 2 aromatic heterocycles. The number of hydrogen-bond donors (Lipinski definition) is 1. The molecule has 2 aromatic rings. The highest BCUT2D eigenvalue weighted by Crippen LogP contribution is 2.06. The minimum Gasteiger partial charge on any atom is -0.312 e. The maximum atomic E-state index is 4.62. The summed E-state index contributed by atoms with van der Waals surface area (Å²) in [5, 5.41) is 3.47. The Kier molecular flexibility index (Phi) is 3.77. The molecule has 2 heterocycles. The van der Waals surface area contributed by atoms with Crippen LogP contribution in [-0.4, -0.2) is 26.6 Å². The van der Waals surface area contributed by atoms with Crippen molar-refractivity contribution in [2.45, 2.75) is 32.7 Å². The lowest BCUT2D eigenvalue weighted by Crippen LogP contribution is -2.37. The van der Waals surface area contributed by atoms with Gasteiger partial charge in [0.05, 0.1) is 0 Å². The Labute approximate surface area is 108 Å². The number of imidazole rings is 1. The van der Waals surface area contributed by atoms with Gasteiger partial charge in [0.1, 0.15) is 12.1 Å². The van der Waals surface area contributed by atoms with Crippen LogP contribution in [0.15, 0.2) is 36.9 Å². The normalized spacial score (nSPS) is 11.7. The minimum absolute atomic E-state index is 0.155. The van der Waals surface area contributed by atoms with Crippen LogP contribution in [-0.2, 0) is 6.42 Å². The molecular weight excluding hydrogens is 224 g/mol. The average Bonchev–Trinajstić information content (AvgIpc) is 2.81. The second kappa shape index (κ2) is 5.31. The summed E-state index contributed by atoms with van der Waals surface area (Å²) in [5.74, 6) is 0.917. The smallest absolute Gasteiger partial charge is 0.138 e. The molecule has 0 saturated heterocycles. The lowest BCUT2D eigenvalue weighted by atomic mass is 10.1. The number of aromatic nitrogens is 3. The molecule has 0 saturated carbocycles. The van der Waals surface area contributed by atoms with E-state index in [4.69, 9.17) is 0 Å². The van der Waals surface area contributed by atoms with Gasteiger partial charge in [-0.1, -0.05) is 6.07 Å². The first-order chi connectivity index (χ1) is 8.54. The zero-order valence-corrected chi connectivity index (χ0v) is 11.2. The maximum absolute atomic E-state index is 4.62. The van der Waals surface area contributed by atoms with E-state index >= 15 is 0 Å². The van der Waals surface area contributed by atoms with Crippen LogP contribution in [0.5, 0.6) is 0 Å². The number of rotatable bonds is 4. The Balaban J connectivity index is 2.00. The van der Waals surface area contributed by atoms with Gasteiger partial charge in [0.25, 0.3) is 0 Å². The first-order valence-electron chi connectivity index (χ1n) is 6.24. The van der Waals surface area contributed by atoms with E-state index in [9.17, 15) is 0 Å². The van der Waals surface area contributed by atoms with Crippen LogP contribution in [0.25, 0.3) is 5.82 Å². The van der Waals surface area contributed by atoms with Crippen molar-refractivity contribution < 1.29 is 0 Å². The Morgan fingerprint density at radius 2 is 2.11 bits per heavy atom. The fourth-order valence-corrected chi connectivity index (χ4v) is 1.71. The molecule has 0 atom stereocenters. The van der Waals surface area contributed by atoms with Gasteiger partial charge in [-0.3, -0.25) is 4.57 Å². The summed E-state index contributed by atoms with van der Waals surface area (Å²) in [4.78, 5) is 8.65. The fraction of sp³-hybridized carbons (Fsp3) is 0.429. The van der Waals surface area contributed by atoms with E-state index in [0.29, 0.717) is 0 Å². The van der Waals surface area contributed by atoms with E-state index in [-0.39, 0.29) is 5.54 Å². The SMILES string of the molecule is CC(C)(C)NCCc1cccc(-n2ccnc2)n1. The lowest BCUT2D eigenvalue weighted by Gasteiger charge is -2.20. The van der Waals surface area contributed by atoms with Crippen molar-refractivity contribution in [1.82, 2.24) is 19.9 Å². The summed E-state index contributed by atoms with van der Waals surface area (Å²) in [6.07, 6.45) is 6.36. The highest BCUT2D eigenvalue weighted by atomic mass is 15.1. The van der Waals surface area contributed by atoms with E-state index in [1.54, 1.807) is 12.5 Å². The summed E-state index contributed by atoms with van der Waals surface area (Å²) >= 11 is 0. The third-order valence-electron chi connectivity index (χ3n) is 2.60. The summed E-state index contributed by atoms with van der Waals surface area (Å²) in [7, 11) is 0. The van der Waals surface area contributed by atoms with Gasteiger partial charge in [0.15, 0.2) is 0 Å². The molecule has 0 aliphatic rings. The Morgan fingerprint density at radius 3 is 2.78 bits per heavy atom. The van der Waals surface area contributed by atoms with E-state index in [1.807, 2.05) is 22.9 Å². The predicted molar refractivity (Wildman–Crippen MR) is 72.8 cm³/mol. The number of hydrogen-bond acceptors (Lipinski definition) is 3. The molecule has 0 aliphatic carbocycles. The number of pyridine rings is 1. The molecule has 0 aromatic carbocycles. The van der Waals surface area contributed by atoms with Crippen molar-refractivity contribution >= 4 is 0 Å². The van der Waals surface area contributed by atoms with Gasteiger partial charge in [-0.2, -0.15) is 0 Å². The molecule has 4 heteroatoms. The van der Waals surface area contributed by atoms with E-state index in [2.05, 4.69) is 42.1 Å². The van der Waals surface area contributed by atoms with Crippen LogP contribution in [0.4, 0.5) is 0 Å². The molecule has 0 aliphatic heterocycles. The quantitative estimate of drug-likeness (QED) is 0.896. The van der Waals surface area contributed by atoms with Crippen molar-refractivity contribution in [3.8, 4) is 5.82 Å². The Hall–Kier alpha value is -1.68. The highest BCUT2D eigenvalue weighted by Gasteiger charge is 2.08. The number of nitrogens with zero attached hydrogens (tertiary/aromatic N) is 3. The molecule has 0 unspecified atom stereocenters. The van der Waals surface area contributed by atoms with Gasteiger partial charge in [0, 0.05) is 36.6 Å². The van der Waals surface area contributed by atoms with E-state index < -0.39 is 0 Å². The lowest BCUT2D eigenvalue weighted by molar-refractivity contribution is 0.428. The molecule has 0 radical (unpaired) electrons. The summed E-state index contributed by atoms with van der Waals surface area (Å²) in [6, 6.07) is 6.09.